The number of amides is 1. The smallest absolute Gasteiger partial charge is 0.246 e. The number of ether oxygens (including phenoxy) is 3. The number of rotatable bonds is 13. The van der Waals surface area contributed by atoms with Gasteiger partial charge in [0, 0.05) is 44.9 Å². The molecule has 5 aromatic rings. The second kappa shape index (κ2) is 19.1. The highest BCUT2D eigenvalue weighted by Gasteiger charge is 2.20. The maximum absolute atomic E-state index is 13.1. The van der Waals surface area contributed by atoms with E-state index in [0.29, 0.717) is 37.9 Å². The van der Waals surface area contributed by atoms with Crippen LogP contribution >= 0.6 is 12.4 Å². The van der Waals surface area contributed by atoms with Crippen LogP contribution in [0, 0.1) is 26.6 Å². The molecule has 1 aromatic heterocycles. The predicted octanol–water partition coefficient (Wildman–Crippen LogP) is 9.78. The third kappa shape index (κ3) is 11.3. The zero-order valence-corrected chi connectivity index (χ0v) is 32.1. The molecule has 0 unspecified atom stereocenters. The number of carbonyl (C=O) groups is 1. The number of aryl methyl sites for hydroxylation is 3. The first-order chi connectivity index (χ1) is 25.7. The summed E-state index contributed by atoms with van der Waals surface area (Å²) in [5, 5.41) is 0. The molecule has 280 valence electrons. The summed E-state index contributed by atoms with van der Waals surface area (Å²) in [6, 6.07) is 30.6. The molecule has 1 fully saturated rings. The van der Waals surface area contributed by atoms with Gasteiger partial charge >= 0.3 is 0 Å². The van der Waals surface area contributed by atoms with E-state index in [1.54, 1.807) is 36.5 Å². The highest BCUT2D eigenvalue weighted by atomic mass is 35.5. The number of piperazine rings is 1. The Morgan fingerprint density at radius 3 is 2.09 bits per heavy atom. The van der Waals surface area contributed by atoms with Gasteiger partial charge < -0.3 is 19.1 Å². The lowest BCUT2D eigenvalue weighted by molar-refractivity contribution is -0.127. The van der Waals surface area contributed by atoms with Gasteiger partial charge in [0.15, 0.2) is 0 Å². The lowest BCUT2D eigenvalue weighted by Crippen LogP contribution is -2.47. The van der Waals surface area contributed by atoms with E-state index >= 15 is 0 Å². The van der Waals surface area contributed by atoms with Gasteiger partial charge in [0.1, 0.15) is 36.3 Å². The second-order valence-corrected chi connectivity index (χ2v) is 13.5. The molecule has 0 bridgehead atoms. The summed E-state index contributed by atoms with van der Waals surface area (Å²) >= 11 is 0. The Hall–Kier alpha value is -5.44. The minimum Gasteiger partial charge on any atom is -0.490 e. The fraction of sp³-hybridized carbons (Fsp3) is 0.244. The first-order valence-electron chi connectivity index (χ1n) is 18.0. The van der Waals surface area contributed by atoms with Gasteiger partial charge in [-0.25, -0.2) is 9.37 Å². The van der Waals surface area contributed by atoms with E-state index in [1.165, 1.54) is 34.4 Å². The predicted molar refractivity (Wildman–Crippen MR) is 216 cm³/mol. The SMILES string of the molecule is C/C(=C/COc1ccc(C)cc1)c1ccc(CN2CCN(C(=O)/C=C/c3cc(C)c(Oc4ccc(OCc5ccc(F)cc5)cn4)c(C)c3)CC2)cc1.Cl. The Morgan fingerprint density at radius 2 is 1.44 bits per heavy atom. The summed E-state index contributed by atoms with van der Waals surface area (Å²) in [6.45, 7) is 12.9. The van der Waals surface area contributed by atoms with E-state index in [9.17, 15) is 9.18 Å². The Morgan fingerprint density at radius 1 is 0.796 bits per heavy atom. The van der Waals surface area contributed by atoms with Crippen LogP contribution in [0.2, 0.25) is 0 Å². The van der Waals surface area contributed by atoms with Crippen LogP contribution in [0.15, 0.2) is 115 Å². The number of pyridine rings is 1. The third-order valence-electron chi connectivity index (χ3n) is 9.30. The lowest BCUT2D eigenvalue weighted by atomic mass is 10.0. The molecule has 54 heavy (non-hydrogen) atoms. The van der Waals surface area contributed by atoms with Crippen LogP contribution in [0.3, 0.4) is 0 Å². The molecular formula is C45H47ClFN3O4. The highest BCUT2D eigenvalue weighted by Crippen LogP contribution is 2.30. The number of hydrogen-bond donors (Lipinski definition) is 0. The second-order valence-electron chi connectivity index (χ2n) is 13.5. The third-order valence-corrected chi connectivity index (χ3v) is 9.30. The molecule has 7 nitrogen and oxygen atoms in total. The molecule has 9 heteroatoms. The Balaban J connectivity index is 0.00000561. The maximum Gasteiger partial charge on any atom is 0.246 e. The summed E-state index contributed by atoms with van der Waals surface area (Å²) in [4.78, 5) is 21.8. The molecule has 0 radical (unpaired) electrons. The number of nitrogens with zero attached hydrogens (tertiary/aromatic N) is 3. The standard InChI is InChI=1S/C45H46FN3O4.ClH/c1-32-5-16-41(17-6-32)51-26-21-33(2)39-12-7-36(8-13-39)30-48-22-24-49(25-23-48)44(50)20-11-38-27-34(3)45(35(4)28-38)53-43-19-18-42(29-47-43)52-31-37-9-14-40(46)15-10-37;/h5-21,27-29H,22-26,30-31H2,1-4H3;1H/b20-11+,33-21-;. The van der Waals surface area contributed by atoms with Crippen LogP contribution in [0.4, 0.5) is 4.39 Å². The van der Waals surface area contributed by atoms with E-state index in [-0.39, 0.29) is 24.1 Å². The highest BCUT2D eigenvalue weighted by molar-refractivity contribution is 5.92. The van der Waals surface area contributed by atoms with Crippen LogP contribution in [-0.4, -0.2) is 53.5 Å². The molecule has 0 atom stereocenters. The average Bonchev–Trinajstić information content (AvgIpc) is 3.17. The van der Waals surface area contributed by atoms with Gasteiger partial charge in [0.25, 0.3) is 0 Å². The molecule has 2 heterocycles. The molecule has 1 amide bonds. The quantitative estimate of drug-likeness (QED) is 0.112. The van der Waals surface area contributed by atoms with Gasteiger partial charge in [-0.3, -0.25) is 9.69 Å². The first-order valence-corrected chi connectivity index (χ1v) is 18.0. The van der Waals surface area contributed by atoms with E-state index < -0.39 is 0 Å². The summed E-state index contributed by atoms with van der Waals surface area (Å²) in [7, 11) is 0. The van der Waals surface area contributed by atoms with Crippen molar-refractivity contribution in [3.8, 4) is 23.1 Å². The fourth-order valence-corrected chi connectivity index (χ4v) is 6.15. The zero-order valence-electron chi connectivity index (χ0n) is 31.3. The number of halogens is 2. The van der Waals surface area contributed by atoms with Crippen LogP contribution < -0.4 is 14.2 Å². The van der Waals surface area contributed by atoms with Crippen molar-refractivity contribution in [2.75, 3.05) is 32.8 Å². The minimum absolute atomic E-state index is 0. The van der Waals surface area contributed by atoms with E-state index in [0.717, 1.165) is 53.4 Å². The Labute approximate surface area is 324 Å². The van der Waals surface area contributed by atoms with Gasteiger partial charge in [0.2, 0.25) is 11.8 Å². The van der Waals surface area contributed by atoms with Crippen LogP contribution in [0.25, 0.3) is 11.6 Å². The zero-order chi connectivity index (χ0) is 37.2. The summed E-state index contributed by atoms with van der Waals surface area (Å²) in [5.74, 6) is 2.38. The Bertz CT molecular complexity index is 2020. The van der Waals surface area contributed by atoms with Crippen LogP contribution in [-0.2, 0) is 17.9 Å². The van der Waals surface area contributed by atoms with Crippen molar-refractivity contribution in [2.45, 2.75) is 40.8 Å². The number of carbonyl (C=O) groups excluding carboxylic acids is 1. The van der Waals surface area contributed by atoms with Crippen LogP contribution in [0.5, 0.6) is 23.1 Å². The minimum atomic E-state index is -0.278. The largest absolute Gasteiger partial charge is 0.490 e. The Kier molecular flexibility index (Phi) is 14.0. The van der Waals surface area contributed by atoms with Gasteiger partial charge in [0.05, 0.1) is 6.20 Å². The van der Waals surface area contributed by atoms with Crippen molar-refractivity contribution >= 4 is 30.0 Å². The van der Waals surface area contributed by atoms with Gasteiger partial charge in [-0.1, -0.05) is 54.1 Å². The topological polar surface area (TPSA) is 64.1 Å². The molecule has 1 aliphatic rings. The van der Waals surface area contributed by atoms with Crippen molar-refractivity contribution < 1.29 is 23.4 Å². The van der Waals surface area contributed by atoms with Crippen LogP contribution in [0.1, 0.15) is 45.9 Å². The van der Waals surface area contributed by atoms with Crippen molar-refractivity contribution in [1.82, 2.24) is 14.8 Å². The molecule has 0 saturated carbocycles. The van der Waals surface area contributed by atoms with Crippen molar-refractivity contribution in [3.63, 3.8) is 0 Å². The molecule has 0 aliphatic carbocycles. The van der Waals surface area contributed by atoms with E-state index in [4.69, 9.17) is 14.2 Å². The van der Waals surface area contributed by atoms with E-state index in [2.05, 4.69) is 66.2 Å². The van der Waals surface area contributed by atoms with Gasteiger partial charge in [-0.15, -0.1) is 12.4 Å². The first kappa shape index (κ1) is 39.8. The molecule has 1 saturated heterocycles. The monoisotopic (exact) mass is 747 g/mol. The average molecular weight is 748 g/mol. The number of hydrogen-bond acceptors (Lipinski definition) is 6. The number of aromatic nitrogens is 1. The summed E-state index contributed by atoms with van der Waals surface area (Å²) in [5.41, 5.74) is 8.53. The molecule has 1 aliphatic heterocycles. The molecule has 4 aromatic carbocycles. The fourth-order valence-electron chi connectivity index (χ4n) is 6.15. The van der Waals surface area contributed by atoms with Crippen molar-refractivity contribution in [3.05, 3.63) is 160 Å². The molecule has 0 spiro atoms. The molecular weight excluding hydrogens is 701 g/mol. The van der Waals surface area contributed by atoms with Crippen molar-refractivity contribution in [2.24, 2.45) is 0 Å². The summed E-state index contributed by atoms with van der Waals surface area (Å²) < 4.78 is 30.9. The van der Waals surface area contributed by atoms with Gasteiger partial charge in [-0.05, 0) is 121 Å². The lowest BCUT2D eigenvalue weighted by Gasteiger charge is -2.34. The van der Waals surface area contributed by atoms with Gasteiger partial charge in [-0.2, -0.15) is 0 Å². The van der Waals surface area contributed by atoms with E-state index in [1.807, 2.05) is 49.1 Å². The number of allylic oxidation sites excluding steroid dienone is 1. The molecule has 6 rings (SSSR count). The molecule has 0 N–H and O–H groups in total. The van der Waals surface area contributed by atoms with Crippen molar-refractivity contribution in [1.29, 1.82) is 0 Å². The maximum atomic E-state index is 13.1. The number of benzene rings is 4. The summed E-state index contributed by atoms with van der Waals surface area (Å²) in [6.07, 6.45) is 7.25. The normalized spacial score (nSPS) is 13.4.